The first-order valence-corrected chi connectivity index (χ1v) is 11.7. The number of hydrogen-bond donors (Lipinski definition) is 1. The fourth-order valence-electron chi connectivity index (χ4n) is 4.92. The average molecular weight is 470 g/mol. The Hall–Kier alpha value is -2.86. The van der Waals surface area contributed by atoms with Crippen LogP contribution in [-0.2, 0) is 11.3 Å². The van der Waals surface area contributed by atoms with Crippen LogP contribution in [0.25, 0.3) is 6.08 Å². The van der Waals surface area contributed by atoms with Gasteiger partial charge in [-0.25, -0.2) is 9.18 Å². The van der Waals surface area contributed by atoms with Crippen molar-refractivity contribution in [3.63, 3.8) is 0 Å². The van der Waals surface area contributed by atoms with Crippen molar-refractivity contribution in [3.05, 3.63) is 69.6 Å². The number of fused-ring (bicyclic) bond motifs is 1. The van der Waals surface area contributed by atoms with E-state index in [4.69, 9.17) is 11.6 Å². The smallest absolute Gasteiger partial charge is 0.329 e. The second-order valence-electron chi connectivity index (χ2n) is 9.51. The van der Waals surface area contributed by atoms with Gasteiger partial charge in [-0.3, -0.25) is 9.69 Å². The van der Waals surface area contributed by atoms with Crippen molar-refractivity contribution in [1.82, 2.24) is 10.2 Å². The van der Waals surface area contributed by atoms with Crippen molar-refractivity contribution < 1.29 is 14.0 Å². The Morgan fingerprint density at radius 1 is 1.21 bits per heavy atom. The summed E-state index contributed by atoms with van der Waals surface area (Å²) in [6, 6.07) is 9.81. The molecule has 7 heteroatoms. The van der Waals surface area contributed by atoms with E-state index < -0.39 is 17.8 Å². The highest BCUT2D eigenvalue weighted by molar-refractivity contribution is 6.30. The molecule has 0 bridgehead atoms. The Morgan fingerprint density at radius 2 is 1.91 bits per heavy atom. The SMILES string of the molecule is CCCN1c2cc(F)c(/C=C3/NC(=O)N(Cc4ccc(Cl)cc4)C3=O)cc2C(C)CC1(C)C. The zero-order valence-corrected chi connectivity index (χ0v) is 20.2. The molecule has 33 heavy (non-hydrogen) atoms. The maximum Gasteiger partial charge on any atom is 0.329 e. The molecule has 0 spiro atoms. The van der Waals surface area contributed by atoms with E-state index in [2.05, 4.69) is 37.9 Å². The molecule has 0 saturated carbocycles. The van der Waals surface area contributed by atoms with Crippen LogP contribution in [0.5, 0.6) is 0 Å². The van der Waals surface area contributed by atoms with Crippen LogP contribution in [0.2, 0.25) is 5.02 Å². The molecule has 2 aliphatic heterocycles. The third kappa shape index (κ3) is 4.49. The van der Waals surface area contributed by atoms with Gasteiger partial charge in [0.15, 0.2) is 0 Å². The molecule has 1 fully saturated rings. The van der Waals surface area contributed by atoms with Crippen LogP contribution in [0.1, 0.15) is 63.1 Å². The van der Waals surface area contributed by atoms with Gasteiger partial charge in [-0.05, 0) is 74.1 Å². The Balaban J connectivity index is 1.64. The van der Waals surface area contributed by atoms with Crippen molar-refractivity contribution in [2.75, 3.05) is 11.4 Å². The molecule has 0 radical (unpaired) electrons. The second-order valence-corrected chi connectivity index (χ2v) is 9.94. The van der Waals surface area contributed by atoms with Crippen LogP contribution in [0.15, 0.2) is 42.1 Å². The molecular formula is C26H29ClFN3O2. The summed E-state index contributed by atoms with van der Waals surface area (Å²) in [7, 11) is 0. The summed E-state index contributed by atoms with van der Waals surface area (Å²) in [6.45, 7) is 9.61. The number of urea groups is 1. The lowest BCUT2D eigenvalue weighted by molar-refractivity contribution is -0.123. The molecule has 174 valence electrons. The molecule has 0 aliphatic carbocycles. The zero-order valence-electron chi connectivity index (χ0n) is 19.4. The monoisotopic (exact) mass is 469 g/mol. The van der Waals surface area contributed by atoms with E-state index in [1.54, 1.807) is 30.3 Å². The van der Waals surface area contributed by atoms with E-state index in [1.165, 1.54) is 6.08 Å². The Kier molecular flexibility index (Phi) is 6.23. The number of nitrogens with zero attached hydrogens (tertiary/aromatic N) is 2. The summed E-state index contributed by atoms with van der Waals surface area (Å²) in [6.07, 6.45) is 3.36. The Morgan fingerprint density at radius 3 is 2.58 bits per heavy atom. The third-order valence-corrected chi connectivity index (χ3v) is 6.72. The van der Waals surface area contributed by atoms with Crippen molar-refractivity contribution >= 4 is 35.3 Å². The number of nitrogens with one attached hydrogen (secondary N) is 1. The number of carbonyl (C=O) groups is 2. The van der Waals surface area contributed by atoms with Crippen LogP contribution in [0.3, 0.4) is 0 Å². The standard InChI is InChI=1S/C26H29ClFN3O2/c1-5-10-31-23-13-21(28)18(11-20(23)16(2)14-26(31,3)4)12-22-24(32)30(25(33)29-22)15-17-6-8-19(27)9-7-17/h6-9,11-13,16H,5,10,14-15H2,1-4H3,(H,29,33)/b22-12+. The average Bonchev–Trinajstić information content (AvgIpc) is 3.00. The van der Waals surface area contributed by atoms with E-state index in [9.17, 15) is 9.59 Å². The molecule has 1 N–H and O–H groups in total. The molecular weight excluding hydrogens is 441 g/mol. The van der Waals surface area contributed by atoms with Crippen LogP contribution < -0.4 is 10.2 Å². The summed E-state index contributed by atoms with van der Waals surface area (Å²) < 4.78 is 15.2. The summed E-state index contributed by atoms with van der Waals surface area (Å²) in [4.78, 5) is 28.7. The predicted molar refractivity (Wildman–Crippen MR) is 130 cm³/mol. The van der Waals surface area contributed by atoms with Gasteiger partial charge in [0.2, 0.25) is 0 Å². The molecule has 2 heterocycles. The topological polar surface area (TPSA) is 52.7 Å². The van der Waals surface area contributed by atoms with Crippen molar-refractivity contribution in [2.24, 2.45) is 0 Å². The fraction of sp³-hybridized carbons (Fsp3) is 0.385. The zero-order chi connectivity index (χ0) is 23.9. The lowest BCUT2D eigenvalue weighted by Crippen LogP contribution is -2.48. The highest BCUT2D eigenvalue weighted by Gasteiger charge is 2.37. The number of imide groups is 1. The van der Waals surface area contributed by atoms with Gasteiger partial charge in [0.05, 0.1) is 6.54 Å². The predicted octanol–water partition coefficient (Wildman–Crippen LogP) is 6.07. The normalized spacial score (nSPS) is 20.9. The van der Waals surface area contributed by atoms with Gasteiger partial charge in [-0.2, -0.15) is 0 Å². The number of rotatable bonds is 5. The number of carbonyl (C=O) groups excluding carboxylic acids is 2. The van der Waals surface area contributed by atoms with Crippen molar-refractivity contribution in [3.8, 4) is 0 Å². The molecule has 0 aromatic heterocycles. The van der Waals surface area contributed by atoms with Crippen LogP contribution in [0, 0.1) is 5.82 Å². The molecule has 2 aromatic carbocycles. The molecule has 2 aliphatic rings. The van der Waals surface area contributed by atoms with E-state index in [-0.39, 0.29) is 23.7 Å². The maximum absolute atomic E-state index is 15.2. The van der Waals surface area contributed by atoms with E-state index in [0.717, 1.165) is 41.1 Å². The first kappa shape index (κ1) is 23.3. The lowest BCUT2D eigenvalue weighted by atomic mass is 9.79. The van der Waals surface area contributed by atoms with Crippen molar-refractivity contribution in [1.29, 1.82) is 0 Å². The first-order valence-electron chi connectivity index (χ1n) is 11.3. The van der Waals surface area contributed by atoms with Gasteiger partial charge in [0, 0.05) is 28.4 Å². The number of benzene rings is 2. The van der Waals surface area contributed by atoms with E-state index in [1.807, 2.05) is 6.07 Å². The molecule has 2 aromatic rings. The van der Waals surface area contributed by atoms with Gasteiger partial charge < -0.3 is 10.2 Å². The second kappa shape index (κ2) is 8.82. The minimum atomic E-state index is -0.524. The van der Waals surface area contributed by atoms with Gasteiger partial charge in [0.1, 0.15) is 11.5 Å². The highest BCUT2D eigenvalue weighted by atomic mass is 35.5. The van der Waals surface area contributed by atoms with Crippen LogP contribution >= 0.6 is 11.6 Å². The minimum Gasteiger partial charge on any atom is -0.366 e. The molecule has 1 saturated heterocycles. The number of hydrogen-bond acceptors (Lipinski definition) is 3. The van der Waals surface area contributed by atoms with Gasteiger partial charge >= 0.3 is 6.03 Å². The summed E-state index contributed by atoms with van der Waals surface area (Å²) >= 11 is 5.91. The molecule has 1 unspecified atom stereocenters. The van der Waals surface area contributed by atoms with Crippen LogP contribution in [0.4, 0.5) is 14.9 Å². The molecule has 4 rings (SSSR count). The Labute approximate surface area is 199 Å². The van der Waals surface area contributed by atoms with E-state index in [0.29, 0.717) is 10.6 Å². The van der Waals surface area contributed by atoms with Crippen molar-refractivity contribution in [2.45, 2.75) is 58.5 Å². The third-order valence-electron chi connectivity index (χ3n) is 6.47. The van der Waals surface area contributed by atoms with Gasteiger partial charge in [-0.1, -0.05) is 37.6 Å². The quantitative estimate of drug-likeness (QED) is 0.427. The summed E-state index contributed by atoms with van der Waals surface area (Å²) in [5, 5.41) is 3.17. The Bertz CT molecular complexity index is 1130. The fourth-order valence-corrected chi connectivity index (χ4v) is 5.05. The largest absolute Gasteiger partial charge is 0.366 e. The maximum atomic E-state index is 15.2. The van der Waals surface area contributed by atoms with E-state index >= 15 is 4.39 Å². The molecule has 3 amide bonds. The van der Waals surface area contributed by atoms with Crippen LogP contribution in [-0.4, -0.2) is 28.9 Å². The molecule has 5 nitrogen and oxygen atoms in total. The highest BCUT2D eigenvalue weighted by Crippen LogP contribution is 2.44. The number of anilines is 1. The number of amides is 3. The molecule has 1 atom stereocenters. The minimum absolute atomic E-state index is 0.0631. The van der Waals surface area contributed by atoms with Gasteiger partial charge in [-0.15, -0.1) is 0 Å². The lowest BCUT2D eigenvalue weighted by Gasteiger charge is -2.47. The number of halogens is 2. The summed E-state index contributed by atoms with van der Waals surface area (Å²) in [5.74, 6) is -0.643. The first-order chi connectivity index (χ1) is 15.6. The summed E-state index contributed by atoms with van der Waals surface area (Å²) in [5.41, 5.74) is 3.05. The van der Waals surface area contributed by atoms with Gasteiger partial charge in [0.25, 0.3) is 5.91 Å².